The minimum Gasteiger partial charge on any atom is -0.478 e. The van der Waals surface area contributed by atoms with E-state index in [4.69, 9.17) is 10.4 Å². The molecule has 3 aromatic rings. The first kappa shape index (κ1) is 37.7. The summed E-state index contributed by atoms with van der Waals surface area (Å²) in [5, 5.41) is 26.5. The van der Waals surface area contributed by atoms with Crippen LogP contribution in [0.15, 0.2) is 42.7 Å². The number of piperidine rings is 1. The molecule has 2 amide bonds. The highest BCUT2D eigenvalue weighted by Crippen LogP contribution is 2.34. The number of amides is 2. The average Bonchev–Trinajstić information content (AvgIpc) is 3.64. The third-order valence-corrected chi connectivity index (χ3v) is 9.18. The molecule has 0 aliphatic carbocycles. The van der Waals surface area contributed by atoms with E-state index in [1.165, 1.54) is 12.4 Å². The molecule has 2 aliphatic heterocycles. The van der Waals surface area contributed by atoms with Crippen LogP contribution < -0.4 is 25.8 Å². The zero-order valence-electron chi connectivity index (χ0n) is 28.5. The third-order valence-electron chi connectivity index (χ3n) is 9.18. The van der Waals surface area contributed by atoms with E-state index in [0.717, 1.165) is 24.8 Å². The van der Waals surface area contributed by atoms with Crippen molar-refractivity contribution in [3.05, 3.63) is 65.2 Å². The molecule has 4 N–H and O–H groups in total. The predicted octanol–water partition coefficient (Wildman–Crippen LogP) is 3.80. The molecule has 2 aromatic heterocycles. The van der Waals surface area contributed by atoms with Crippen LogP contribution in [0.3, 0.4) is 0 Å². The second-order valence-electron chi connectivity index (χ2n) is 12.8. The molecule has 14 nitrogen and oxygen atoms in total. The fourth-order valence-corrected chi connectivity index (χ4v) is 6.36. The molecule has 4 heterocycles. The van der Waals surface area contributed by atoms with E-state index in [1.54, 1.807) is 23.1 Å². The summed E-state index contributed by atoms with van der Waals surface area (Å²) in [6, 6.07) is 10.0. The number of carboxylic acids is 1. The molecule has 0 radical (unpaired) electrons. The number of aromatic carboxylic acids is 1. The second kappa shape index (κ2) is 17.6. The number of nitriles is 1. The minimum atomic E-state index is -4.76. The molecule has 2 fully saturated rings. The van der Waals surface area contributed by atoms with E-state index in [2.05, 4.69) is 42.0 Å². The normalized spacial score (nSPS) is 16.3. The van der Waals surface area contributed by atoms with Gasteiger partial charge in [0.15, 0.2) is 0 Å². The van der Waals surface area contributed by atoms with Crippen molar-refractivity contribution in [2.75, 3.05) is 54.4 Å². The van der Waals surface area contributed by atoms with Gasteiger partial charge >= 0.3 is 12.1 Å². The molecule has 1 atom stereocenters. The molecular weight excluding hydrogens is 681 g/mol. The Morgan fingerprint density at radius 1 is 0.942 bits per heavy atom. The maximum atomic E-state index is 14.0. The summed E-state index contributed by atoms with van der Waals surface area (Å²) in [4.78, 5) is 55.4. The maximum Gasteiger partial charge on any atom is 0.451 e. The maximum absolute atomic E-state index is 14.0. The number of nitrogens with one attached hydrogen (secondary N) is 3. The van der Waals surface area contributed by atoms with E-state index < -0.39 is 24.0 Å². The van der Waals surface area contributed by atoms with Crippen LogP contribution in [0.25, 0.3) is 0 Å². The van der Waals surface area contributed by atoms with Crippen LogP contribution in [0.2, 0.25) is 0 Å². The quantitative estimate of drug-likeness (QED) is 0.166. The second-order valence-corrected chi connectivity index (χ2v) is 12.8. The van der Waals surface area contributed by atoms with Gasteiger partial charge in [-0.05, 0) is 68.6 Å². The molecule has 276 valence electrons. The number of carboxylic acid groups (broad SMARTS) is 1. The highest BCUT2D eigenvalue weighted by molar-refractivity contribution is 5.87. The number of carbonyl (C=O) groups is 3. The SMILES string of the molecule is N#Cc1ccc(CCNC(=O)C2CCCN2c2cc(N3CCC(CCCC(=O)NCCNc4ncc(C(=O)O)cn4)CC3)nc(C(F)(F)F)n2)cc1. The van der Waals surface area contributed by atoms with Crippen molar-refractivity contribution < 1.29 is 32.7 Å². The van der Waals surface area contributed by atoms with Crippen LogP contribution >= 0.6 is 0 Å². The number of carbonyl (C=O) groups excluding carboxylic acids is 2. The summed E-state index contributed by atoms with van der Waals surface area (Å²) in [6.07, 6.45) is 2.59. The van der Waals surface area contributed by atoms with Crippen LogP contribution in [-0.4, -0.2) is 88.1 Å². The molecule has 0 spiro atoms. The molecule has 1 aromatic carbocycles. The van der Waals surface area contributed by atoms with Crippen molar-refractivity contribution in [1.29, 1.82) is 5.26 Å². The number of hydrogen-bond donors (Lipinski definition) is 4. The van der Waals surface area contributed by atoms with Crippen molar-refractivity contribution in [3.8, 4) is 6.07 Å². The van der Waals surface area contributed by atoms with E-state index in [0.29, 0.717) is 82.9 Å². The standard InChI is InChI=1S/C35H41F3N10O4/c36-35(37,38)33-45-28(19-29(46-33)48-16-2-4-27(48)31(50)41-13-10-24-6-8-25(20-39)9-7-24)47-17-11-23(12-18-47)3-1-5-30(49)40-14-15-42-34-43-21-26(22-44-34)32(51)52/h6-9,19,21-23,27H,1-5,10-18H2,(H,40,49)(H,41,50)(H,51,52)(H,42,43,44). The Balaban J connectivity index is 1.08. The summed E-state index contributed by atoms with van der Waals surface area (Å²) in [5.41, 5.74) is 1.48. The van der Waals surface area contributed by atoms with Crippen molar-refractivity contribution >= 4 is 35.4 Å². The zero-order chi connectivity index (χ0) is 37.1. The number of halogens is 3. The molecule has 2 saturated heterocycles. The Hall–Kier alpha value is -5.53. The third kappa shape index (κ3) is 10.5. The fraction of sp³-hybridized carbons (Fsp3) is 0.486. The minimum absolute atomic E-state index is 0.0218. The lowest BCUT2D eigenvalue weighted by Gasteiger charge is -2.34. The molecule has 0 bridgehead atoms. The Morgan fingerprint density at radius 3 is 2.33 bits per heavy atom. The first-order valence-corrected chi connectivity index (χ1v) is 17.3. The summed E-state index contributed by atoms with van der Waals surface area (Å²) in [5.74, 6) is -1.90. The number of rotatable bonds is 15. The van der Waals surface area contributed by atoms with Gasteiger partial charge in [0.2, 0.25) is 23.6 Å². The average molecular weight is 723 g/mol. The number of aromatic nitrogens is 4. The van der Waals surface area contributed by atoms with Gasteiger partial charge in [0, 0.05) is 64.1 Å². The predicted molar refractivity (Wildman–Crippen MR) is 185 cm³/mol. The van der Waals surface area contributed by atoms with Gasteiger partial charge in [-0.3, -0.25) is 9.59 Å². The van der Waals surface area contributed by atoms with Crippen LogP contribution in [0.5, 0.6) is 0 Å². The molecule has 1 unspecified atom stereocenters. The van der Waals surface area contributed by atoms with Crippen molar-refractivity contribution in [2.45, 2.75) is 63.6 Å². The molecule has 2 aliphatic rings. The molecule has 0 saturated carbocycles. The van der Waals surface area contributed by atoms with Gasteiger partial charge in [-0.2, -0.15) is 18.4 Å². The van der Waals surface area contributed by atoms with Gasteiger partial charge in [0.1, 0.15) is 17.7 Å². The van der Waals surface area contributed by atoms with Crippen LogP contribution in [0.1, 0.15) is 72.3 Å². The molecular formula is C35H41F3N10O4. The lowest BCUT2D eigenvalue weighted by atomic mass is 9.91. The number of benzene rings is 1. The Labute approximate surface area is 298 Å². The first-order chi connectivity index (χ1) is 25.0. The van der Waals surface area contributed by atoms with Gasteiger partial charge in [-0.15, -0.1) is 0 Å². The summed E-state index contributed by atoms with van der Waals surface area (Å²) < 4.78 is 42.0. The van der Waals surface area contributed by atoms with Gasteiger partial charge in [-0.25, -0.2) is 24.7 Å². The summed E-state index contributed by atoms with van der Waals surface area (Å²) in [6.45, 7) is 2.45. The number of nitrogens with zero attached hydrogens (tertiary/aromatic N) is 7. The van der Waals surface area contributed by atoms with Gasteiger partial charge in [0.25, 0.3) is 0 Å². The molecule has 5 rings (SSSR count). The van der Waals surface area contributed by atoms with Crippen molar-refractivity contribution in [2.24, 2.45) is 5.92 Å². The Morgan fingerprint density at radius 2 is 1.65 bits per heavy atom. The lowest BCUT2D eigenvalue weighted by molar-refractivity contribution is -0.144. The first-order valence-electron chi connectivity index (χ1n) is 17.3. The highest BCUT2D eigenvalue weighted by atomic mass is 19.4. The largest absolute Gasteiger partial charge is 0.478 e. The van der Waals surface area contributed by atoms with Crippen LogP contribution in [0.4, 0.5) is 30.8 Å². The monoisotopic (exact) mass is 722 g/mol. The highest BCUT2D eigenvalue weighted by Gasteiger charge is 2.39. The van der Waals surface area contributed by atoms with Crippen LogP contribution in [0, 0.1) is 17.2 Å². The van der Waals surface area contributed by atoms with E-state index in [1.807, 2.05) is 17.0 Å². The zero-order valence-corrected chi connectivity index (χ0v) is 28.5. The van der Waals surface area contributed by atoms with E-state index >= 15 is 0 Å². The van der Waals surface area contributed by atoms with E-state index in [9.17, 15) is 27.6 Å². The molecule has 52 heavy (non-hydrogen) atoms. The van der Waals surface area contributed by atoms with Crippen molar-refractivity contribution in [3.63, 3.8) is 0 Å². The van der Waals surface area contributed by atoms with Gasteiger partial charge < -0.3 is 30.9 Å². The van der Waals surface area contributed by atoms with E-state index in [-0.39, 0.29) is 35.0 Å². The summed E-state index contributed by atoms with van der Waals surface area (Å²) >= 11 is 0. The fourth-order valence-electron chi connectivity index (χ4n) is 6.36. The van der Waals surface area contributed by atoms with Crippen LogP contribution in [-0.2, 0) is 22.2 Å². The van der Waals surface area contributed by atoms with Gasteiger partial charge in [-0.1, -0.05) is 12.1 Å². The Kier molecular flexibility index (Phi) is 12.8. The number of anilines is 3. The van der Waals surface area contributed by atoms with Crippen molar-refractivity contribution in [1.82, 2.24) is 30.6 Å². The Bertz CT molecular complexity index is 1730. The lowest BCUT2D eigenvalue weighted by Crippen LogP contribution is -2.44. The number of hydrogen-bond acceptors (Lipinski definition) is 11. The number of alkyl halides is 3. The molecule has 17 heteroatoms. The van der Waals surface area contributed by atoms with Gasteiger partial charge in [0.05, 0.1) is 17.2 Å². The smallest absolute Gasteiger partial charge is 0.451 e. The summed E-state index contributed by atoms with van der Waals surface area (Å²) in [7, 11) is 0. The topological polar surface area (TPSA) is 189 Å².